The number of hydrogen-bond acceptors (Lipinski definition) is 1. The zero-order valence-electron chi connectivity index (χ0n) is 13.4. The van der Waals surface area contributed by atoms with Crippen molar-refractivity contribution in [3.63, 3.8) is 0 Å². The number of hydrogen-bond donors (Lipinski definition) is 0. The van der Waals surface area contributed by atoms with Crippen LogP contribution in [-0.2, 0) is 12.8 Å². The van der Waals surface area contributed by atoms with Gasteiger partial charge in [0, 0.05) is 11.9 Å². The zero-order valence-corrected chi connectivity index (χ0v) is 14.6. The summed E-state index contributed by atoms with van der Waals surface area (Å²) in [6, 6.07) is 4.47. The number of aryl methyl sites for hydroxylation is 2. The fourth-order valence-electron chi connectivity index (χ4n) is 2.83. The summed E-state index contributed by atoms with van der Waals surface area (Å²) < 4.78 is 0. The van der Waals surface area contributed by atoms with E-state index in [0.29, 0.717) is 0 Å². The van der Waals surface area contributed by atoms with Gasteiger partial charge in [-0.3, -0.25) is 4.98 Å². The molecule has 0 aliphatic heterocycles. The highest BCUT2D eigenvalue weighted by Gasteiger charge is 2.19. The molecule has 0 aromatic carbocycles. The van der Waals surface area contributed by atoms with Gasteiger partial charge in [-0.05, 0) is 24.5 Å². The predicted molar refractivity (Wildman–Crippen MR) is 87.2 cm³/mol. The number of aromatic nitrogens is 1. The van der Waals surface area contributed by atoms with Gasteiger partial charge in [-0.1, -0.05) is 68.4 Å². The van der Waals surface area contributed by atoms with Crippen LogP contribution in [0.4, 0.5) is 0 Å². The van der Waals surface area contributed by atoms with Crippen molar-refractivity contribution in [3.8, 4) is 0 Å². The fourth-order valence-corrected chi connectivity index (χ4v) is 6.86. The molecule has 0 N–H and O–H groups in total. The largest absolute Gasteiger partial charge is 0.262 e. The highest BCUT2D eigenvalue weighted by atomic mass is 27.2. The zero-order chi connectivity index (χ0) is 14.3. The van der Waals surface area contributed by atoms with Crippen LogP contribution in [0.25, 0.3) is 0 Å². The molecule has 0 bridgehead atoms. The van der Waals surface area contributed by atoms with E-state index in [0.717, 1.165) is 18.3 Å². The van der Waals surface area contributed by atoms with Gasteiger partial charge >= 0.3 is 0 Å². The molecule has 0 fully saturated rings. The average molecular weight is 275 g/mol. The summed E-state index contributed by atoms with van der Waals surface area (Å²) in [4.78, 5) is 4.60. The minimum atomic E-state index is -0.579. The van der Waals surface area contributed by atoms with Crippen LogP contribution >= 0.6 is 0 Å². The molecule has 0 unspecified atom stereocenters. The monoisotopic (exact) mass is 275 g/mol. The molecular formula is C17H30AlN. The van der Waals surface area contributed by atoms with Crippen molar-refractivity contribution in [2.45, 2.75) is 63.3 Å². The van der Waals surface area contributed by atoms with E-state index < -0.39 is 14.1 Å². The van der Waals surface area contributed by atoms with Crippen molar-refractivity contribution in [3.05, 3.63) is 29.6 Å². The summed E-state index contributed by atoms with van der Waals surface area (Å²) in [5.74, 6) is 1.73. The van der Waals surface area contributed by atoms with Crippen molar-refractivity contribution in [1.82, 2.24) is 4.98 Å². The maximum absolute atomic E-state index is 4.60. The third-order valence-electron chi connectivity index (χ3n) is 3.71. The van der Waals surface area contributed by atoms with Crippen LogP contribution in [0.3, 0.4) is 0 Å². The van der Waals surface area contributed by atoms with Gasteiger partial charge in [0.05, 0.1) is 0 Å². The molecule has 1 aromatic rings. The van der Waals surface area contributed by atoms with E-state index in [2.05, 4.69) is 57.9 Å². The summed E-state index contributed by atoms with van der Waals surface area (Å²) in [5.41, 5.74) is 2.64. The molecule has 0 aliphatic rings. The second-order valence-corrected chi connectivity index (χ2v) is 9.93. The maximum Gasteiger partial charge on any atom is 0.262 e. The van der Waals surface area contributed by atoms with E-state index >= 15 is 0 Å². The van der Waals surface area contributed by atoms with Gasteiger partial charge in [0.1, 0.15) is 0 Å². The molecule has 0 saturated heterocycles. The molecule has 19 heavy (non-hydrogen) atoms. The average Bonchev–Trinajstić information content (AvgIpc) is 2.35. The molecular weight excluding hydrogens is 245 g/mol. The Morgan fingerprint density at radius 1 is 1.05 bits per heavy atom. The Balaban J connectivity index is 2.49. The number of nitrogens with zero attached hydrogens (tertiary/aromatic N) is 1. The Kier molecular flexibility index (Phi) is 7.73. The molecule has 0 radical (unpaired) electrons. The Labute approximate surface area is 124 Å². The lowest BCUT2D eigenvalue weighted by Gasteiger charge is -2.16. The van der Waals surface area contributed by atoms with Crippen molar-refractivity contribution >= 4 is 14.1 Å². The summed E-state index contributed by atoms with van der Waals surface area (Å²) in [6.07, 6.45) is 4.34. The Bertz CT molecular complexity index is 333. The number of rotatable bonds is 8. The quantitative estimate of drug-likeness (QED) is 0.609. The highest BCUT2D eigenvalue weighted by molar-refractivity contribution is 6.58. The summed E-state index contributed by atoms with van der Waals surface area (Å²) in [6.45, 7) is 11.7. The van der Waals surface area contributed by atoms with Crippen LogP contribution in [0, 0.1) is 11.8 Å². The first-order chi connectivity index (χ1) is 9.01. The molecule has 106 valence electrons. The van der Waals surface area contributed by atoms with Gasteiger partial charge in [-0.25, -0.2) is 0 Å². The Morgan fingerprint density at radius 3 is 2.11 bits per heavy atom. The van der Waals surface area contributed by atoms with Gasteiger partial charge in [-0.2, -0.15) is 0 Å². The lowest BCUT2D eigenvalue weighted by atomic mass is 10.2. The molecule has 1 aromatic heterocycles. The Hall–Kier alpha value is -0.318. The van der Waals surface area contributed by atoms with Gasteiger partial charge in [0.15, 0.2) is 0 Å². The minimum absolute atomic E-state index is 0.579. The van der Waals surface area contributed by atoms with Crippen molar-refractivity contribution in [1.29, 1.82) is 0 Å². The smallest absolute Gasteiger partial charge is 0.261 e. The van der Waals surface area contributed by atoms with Crippen molar-refractivity contribution in [2.24, 2.45) is 11.8 Å². The van der Waals surface area contributed by atoms with Gasteiger partial charge < -0.3 is 0 Å². The number of pyridine rings is 1. The van der Waals surface area contributed by atoms with Crippen LogP contribution in [0.15, 0.2) is 18.3 Å². The highest BCUT2D eigenvalue weighted by Crippen LogP contribution is 2.19. The van der Waals surface area contributed by atoms with Crippen LogP contribution in [0.5, 0.6) is 0 Å². The standard InChI is InChI=1S/C9H12N.2C4H9.Al/c1-3-8-5-6-9(4-2)10-7-8;2*1-4(2)3;/h5-7H,2-4H2,1H3;2*4H,1H2,2-3H3;. The second kappa shape index (κ2) is 8.77. The topological polar surface area (TPSA) is 12.9 Å². The molecule has 1 rings (SSSR count). The molecule has 1 nitrogen and oxygen atoms in total. The second-order valence-electron chi connectivity index (χ2n) is 6.68. The van der Waals surface area contributed by atoms with E-state index in [-0.39, 0.29) is 0 Å². The first-order valence-electron chi connectivity index (χ1n) is 7.95. The van der Waals surface area contributed by atoms with Gasteiger partial charge in [0.25, 0.3) is 14.1 Å². The lowest BCUT2D eigenvalue weighted by Crippen LogP contribution is -2.18. The van der Waals surface area contributed by atoms with Crippen LogP contribution in [-0.4, -0.2) is 19.1 Å². The maximum atomic E-state index is 4.60. The molecule has 0 spiro atoms. The van der Waals surface area contributed by atoms with Gasteiger partial charge in [-0.15, -0.1) is 0 Å². The SMILES string of the molecule is CCc1ccc(C[CH2][Al]([CH2]C(C)C)[CH2]C(C)C)nc1. The molecule has 0 atom stereocenters. The molecule has 2 heteroatoms. The predicted octanol–water partition coefficient (Wildman–Crippen LogP) is 4.99. The summed E-state index contributed by atoms with van der Waals surface area (Å²) in [7, 11) is 0. The first kappa shape index (κ1) is 16.7. The summed E-state index contributed by atoms with van der Waals surface area (Å²) in [5, 5.41) is 4.41. The third kappa shape index (κ3) is 7.14. The molecule has 0 saturated carbocycles. The van der Waals surface area contributed by atoms with E-state index in [1.807, 2.05) is 0 Å². The molecule has 0 aliphatic carbocycles. The van der Waals surface area contributed by atoms with Crippen LogP contribution < -0.4 is 0 Å². The minimum Gasteiger partial charge on any atom is -0.261 e. The Morgan fingerprint density at radius 2 is 1.68 bits per heavy atom. The first-order valence-corrected chi connectivity index (χ1v) is 10.4. The van der Waals surface area contributed by atoms with Crippen LogP contribution in [0.2, 0.25) is 15.8 Å². The summed E-state index contributed by atoms with van der Waals surface area (Å²) >= 11 is -0.579. The van der Waals surface area contributed by atoms with Crippen molar-refractivity contribution in [2.75, 3.05) is 0 Å². The fraction of sp³-hybridized carbons (Fsp3) is 0.706. The van der Waals surface area contributed by atoms with E-state index in [1.165, 1.54) is 33.5 Å². The van der Waals surface area contributed by atoms with E-state index in [1.54, 1.807) is 0 Å². The normalized spacial score (nSPS) is 11.3. The third-order valence-corrected chi connectivity index (χ3v) is 8.04. The lowest BCUT2D eigenvalue weighted by molar-refractivity contribution is 0.685. The van der Waals surface area contributed by atoms with Gasteiger partial charge in [0.2, 0.25) is 0 Å². The van der Waals surface area contributed by atoms with Crippen molar-refractivity contribution < 1.29 is 0 Å². The van der Waals surface area contributed by atoms with E-state index in [4.69, 9.17) is 0 Å². The molecule has 1 heterocycles. The van der Waals surface area contributed by atoms with E-state index in [9.17, 15) is 0 Å². The van der Waals surface area contributed by atoms with Crippen LogP contribution in [0.1, 0.15) is 45.9 Å². The molecule has 0 amide bonds.